The first-order valence-corrected chi connectivity index (χ1v) is 11.4. The Hall–Kier alpha value is 1.66. The minimum Gasteiger partial charge on any atom is -0.0889 e. The molecular weight excluding hydrogens is 392 g/mol. The first-order chi connectivity index (χ1) is 8.74. The van der Waals surface area contributed by atoms with Crippen LogP contribution in [-0.4, -0.2) is 20.2 Å². The van der Waals surface area contributed by atoms with Crippen LogP contribution in [-0.2, 0) is 0 Å². The molecule has 0 saturated heterocycles. The zero-order chi connectivity index (χ0) is 12.3. The van der Waals surface area contributed by atoms with Gasteiger partial charge in [-0.05, 0) is 62.2 Å². The maximum absolute atomic E-state index is 3.98. The van der Waals surface area contributed by atoms with E-state index in [1.165, 1.54) is 38.5 Å². The van der Waals surface area contributed by atoms with Gasteiger partial charge < -0.3 is 0 Å². The van der Waals surface area contributed by atoms with Crippen LogP contribution in [0.1, 0.15) is 38.5 Å². The van der Waals surface area contributed by atoms with E-state index in [0.717, 1.165) is 43.8 Å². The molecular formula is C14H20Br2S2. The standard InChI is InChI=1S/C14H20Br2S2/c15-11-7-1-3-9(5-7)13(11)17-18-14-10-4-2-8(6-10)12(14)16/h7-14H,1-6H2/t7-,8-,9-,10-,11+,12+,13-,14+/m0/s1. The van der Waals surface area contributed by atoms with Gasteiger partial charge in [-0.1, -0.05) is 53.4 Å². The molecule has 0 spiro atoms. The molecule has 4 bridgehead atoms. The van der Waals surface area contributed by atoms with Gasteiger partial charge in [-0.25, -0.2) is 0 Å². The van der Waals surface area contributed by atoms with Crippen LogP contribution in [0.15, 0.2) is 0 Å². The molecule has 0 aromatic heterocycles. The first-order valence-electron chi connectivity index (χ1n) is 7.34. The third-order valence-corrected chi connectivity index (χ3v) is 12.7. The Morgan fingerprint density at radius 1 is 0.611 bits per heavy atom. The number of hydrogen-bond donors (Lipinski definition) is 0. The van der Waals surface area contributed by atoms with Crippen LogP contribution in [0.25, 0.3) is 0 Å². The van der Waals surface area contributed by atoms with Gasteiger partial charge in [-0.2, -0.15) is 0 Å². The van der Waals surface area contributed by atoms with Crippen LogP contribution in [0.5, 0.6) is 0 Å². The van der Waals surface area contributed by atoms with E-state index in [9.17, 15) is 0 Å². The van der Waals surface area contributed by atoms with Crippen LogP contribution in [0.3, 0.4) is 0 Å². The second-order valence-electron chi connectivity index (χ2n) is 6.68. The Bertz CT molecular complexity index is 302. The number of rotatable bonds is 3. The van der Waals surface area contributed by atoms with Gasteiger partial charge in [0.05, 0.1) is 0 Å². The van der Waals surface area contributed by atoms with Crippen LogP contribution < -0.4 is 0 Å². The quantitative estimate of drug-likeness (QED) is 0.444. The van der Waals surface area contributed by atoms with E-state index >= 15 is 0 Å². The monoisotopic (exact) mass is 410 g/mol. The lowest BCUT2D eigenvalue weighted by molar-refractivity contribution is 0.507. The van der Waals surface area contributed by atoms with E-state index in [2.05, 4.69) is 53.4 Å². The Kier molecular flexibility index (Phi) is 3.80. The van der Waals surface area contributed by atoms with Crippen molar-refractivity contribution < 1.29 is 0 Å². The maximum Gasteiger partial charge on any atom is 0.0307 e. The molecule has 18 heavy (non-hydrogen) atoms. The van der Waals surface area contributed by atoms with Crippen LogP contribution in [0.4, 0.5) is 0 Å². The van der Waals surface area contributed by atoms with Crippen molar-refractivity contribution in [1.82, 2.24) is 0 Å². The number of alkyl halides is 2. The van der Waals surface area contributed by atoms with Gasteiger partial charge in [0.15, 0.2) is 0 Å². The Morgan fingerprint density at radius 2 is 1.00 bits per heavy atom. The normalized spacial score (nSPS) is 57.7. The summed E-state index contributed by atoms with van der Waals surface area (Å²) in [5, 5.41) is 1.79. The molecule has 4 saturated carbocycles. The zero-order valence-corrected chi connectivity index (χ0v) is 15.2. The average molecular weight is 412 g/mol. The molecule has 0 nitrogen and oxygen atoms in total. The summed E-state index contributed by atoms with van der Waals surface area (Å²) in [7, 11) is 4.47. The van der Waals surface area contributed by atoms with E-state index in [1.54, 1.807) is 0 Å². The molecule has 0 amide bonds. The third-order valence-electron chi connectivity index (χ3n) is 5.76. The molecule has 0 aromatic carbocycles. The molecule has 0 heterocycles. The van der Waals surface area contributed by atoms with Gasteiger partial charge in [0.2, 0.25) is 0 Å². The fourth-order valence-corrected chi connectivity index (χ4v) is 12.2. The van der Waals surface area contributed by atoms with Gasteiger partial charge in [-0.15, -0.1) is 0 Å². The van der Waals surface area contributed by atoms with E-state index in [0.29, 0.717) is 0 Å². The lowest BCUT2D eigenvalue weighted by Crippen LogP contribution is -2.27. The van der Waals surface area contributed by atoms with Crippen molar-refractivity contribution in [2.45, 2.75) is 58.7 Å². The summed E-state index contributed by atoms with van der Waals surface area (Å²) in [6, 6.07) is 0. The summed E-state index contributed by atoms with van der Waals surface area (Å²) in [6.07, 6.45) is 8.97. The lowest BCUT2D eigenvalue weighted by atomic mass is 10.0. The molecule has 0 N–H and O–H groups in total. The minimum absolute atomic E-state index is 0.807. The van der Waals surface area contributed by atoms with Gasteiger partial charge in [0.1, 0.15) is 0 Å². The van der Waals surface area contributed by atoms with Crippen molar-refractivity contribution in [1.29, 1.82) is 0 Å². The molecule has 0 aliphatic heterocycles. The molecule has 8 atom stereocenters. The van der Waals surface area contributed by atoms with Gasteiger partial charge in [0.25, 0.3) is 0 Å². The van der Waals surface area contributed by atoms with Gasteiger partial charge >= 0.3 is 0 Å². The highest BCUT2D eigenvalue weighted by Gasteiger charge is 2.50. The molecule has 4 heteroatoms. The highest BCUT2D eigenvalue weighted by molar-refractivity contribution is 9.10. The number of halogens is 2. The summed E-state index contributed by atoms with van der Waals surface area (Å²) in [5.41, 5.74) is 0. The van der Waals surface area contributed by atoms with E-state index in [-0.39, 0.29) is 0 Å². The van der Waals surface area contributed by atoms with Crippen LogP contribution in [0.2, 0.25) is 0 Å². The largest absolute Gasteiger partial charge is 0.0889 e. The topological polar surface area (TPSA) is 0 Å². The second-order valence-corrected chi connectivity index (χ2v) is 11.4. The van der Waals surface area contributed by atoms with Crippen molar-refractivity contribution in [3.8, 4) is 0 Å². The zero-order valence-electron chi connectivity index (χ0n) is 10.4. The lowest BCUT2D eigenvalue weighted by Gasteiger charge is -2.30. The van der Waals surface area contributed by atoms with Gasteiger partial charge in [-0.3, -0.25) is 0 Å². The summed E-state index contributed by atoms with van der Waals surface area (Å²) >= 11 is 7.96. The highest BCUT2D eigenvalue weighted by Crippen LogP contribution is 2.60. The summed E-state index contributed by atoms with van der Waals surface area (Å²) < 4.78 is 0. The Balaban J connectivity index is 1.36. The molecule has 4 aliphatic rings. The smallest absolute Gasteiger partial charge is 0.0307 e. The fourth-order valence-electron chi connectivity index (χ4n) is 4.73. The van der Waals surface area contributed by atoms with Crippen LogP contribution in [0, 0.1) is 23.7 Å². The number of fused-ring (bicyclic) bond motifs is 4. The third kappa shape index (κ3) is 2.07. The van der Waals surface area contributed by atoms with Crippen molar-refractivity contribution in [2.75, 3.05) is 0 Å². The van der Waals surface area contributed by atoms with E-state index in [1.807, 2.05) is 0 Å². The Labute approximate surface area is 135 Å². The van der Waals surface area contributed by atoms with E-state index < -0.39 is 0 Å². The molecule has 0 radical (unpaired) electrons. The SMILES string of the molecule is Br[C@@H]1[C@H]2CC[C@@H](C2)[C@H]1SS[C@H]1[C@H]2CC[C@@H](C2)[C@H]1Br. The average Bonchev–Trinajstić information content (AvgIpc) is 3.08. The van der Waals surface area contributed by atoms with Crippen molar-refractivity contribution in [3.63, 3.8) is 0 Å². The first kappa shape index (κ1) is 13.3. The van der Waals surface area contributed by atoms with Crippen molar-refractivity contribution in [2.24, 2.45) is 23.7 Å². The van der Waals surface area contributed by atoms with Crippen molar-refractivity contribution >= 4 is 53.4 Å². The summed E-state index contributed by atoms with van der Waals surface area (Å²) in [4.78, 5) is 1.61. The molecule has 4 fully saturated rings. The molecule has 4 rings (SSSR count). The number of hydrogen-bond acceptors (Lipinski definition) is 2. The van der Waals surface area contributed by atoms with Crippen molar-refractivity contribution in [3.05, 3.63) is 0 Å². The summed E-state index contributed by atoms with van der Waals surface area (Å²) in [5.74, 6) is 4.02. The summed E-state index contributed by atoms with van der Waals surface area (Å²) in [6.45, 7) is 0. The molecule has 0 aromatic rings. The predicted molar refractivity (Wildman–Crippen MR) is 89.9 cm³/mol. The fraction of sp³-hybridized carbons (Fsp3) is 1.00. The van der Waals surface area contributed by atoms with Crippen LogP contribution >= 0.6 is 53.4 Å². The predicted octanol–water partition coefficient (Wildman–Crippen LogP) is 5.49. The highest BCUT2D eigenvalue weighted by atomic mass is 79.9. The van der Waals surface area contributed by atoms with Gasteiger partial charge in [0, 0.05) is 20.2 Å². The maximum atomic E-state index is 3.98. The Morgan fingerprint density at radius 3 is 1.33 bits per heavy atom. The minimum atomic E-state index is 0.807. The van der Waals surface area contributed by atoms with E-state index in [4.69, 9.17) is 0 Å². The molecule has 102 valence electrons. The second kappa shape index (κ2) is 5.14. The molecule has 0 unspecified atom stereocenters. The molecule has 4 aliphatic carbocycles.